The monoisotopic (exact) mass is 193 g/mol. The van der Waals surface area contributed by atoms with Crippen LogP contribution in [0.4, 0.5) is 0 Å². The molecule has 0 spiro atoms. The van der Waals surface area contributed by atoms with E-state index in [-0.39, 0.29) is 0 Å². The van der Waals surface area contributed by atoms with Crippen LogP contribution in [0.2, 0.25) is 0 Å². The molecule has 1 aromatic heterocycles. The van der Waals surface area contributed by atoms with Crippen molar-refractivity contribution >= 4 is 27.6 Å². The van der Waals surface area contributed by atoms with Crippen LogP contribution in [-0.2, 0) is 0 Å². The molecular formula is C9H7NO2S. The summed E-state index contributed by atoms with van der Waals surface area (Å²) in [5, 5.41) is 9.77. The maximum Gasteiger partial charge on any atom is 0.335 e. The molecule has 0 atom stereocenters. The second-order valence-electron chi connectivity index (χ2n) is 2.78. The Labute approximate surface area is 78.8 Å². The fourth-order valence-electron chi connectivity index (χ4n) is 1.20. The first-order valence-corrected chi connectivity index (χ1v) is 4.55. The number of carboxylic acid groups (broad SMARTS) is 1. The average Bonchev–Trinajstić information content (AvgIpc) is 2.47. The molecule has 0 fully saturated rings. The van der Waals surface area contributed by atoms with Crippen molar-refractivity contribution in [2.45, 2.75) is 6.92 Å². The number of nitrogens with zero attached hydrogens (tertiary/aromatic N) is 1. The number of aromatic nitrogens is 1. The number of carboxylic acids is 1. The number of aryl methyl sites for hydroxylation is 1. The van der Waals surface area contributed by atoms with Crippen LogP contribution >= 0.6 is 11.5 Å². The zero-order chi connectivity index (χ0) is 9.42. The van der Waals surface area contributed by atoms with Crippen molar-refractivity contribution < 1.29 is 9.90 Å². The minimum atomic E-state index is -0.895. The van der Waals surface area contributed by atoms with E-state index in [0.717, 1.165) is 15.8 Å². The van der Waals surface area contributed by atoms with Gasteiger partial charge in [0, 0.05) is 5.39 Å². The summed E-state index contributed by atoms with van der Waals surface area (Å²) < 4.78 is 5.07. The first-order valence-electron chi connectivity index (χ1n) is 3.78. The normalized spacial score (nSPS) is 10.5. The van der Waals surface area contributed by atoms with Gasteiger partial charge in [-0.3, -0.25) is 0 Å². The molecule has 66 valence electrons. The van der Waals surface area contributed by atoms with E-state index < -0.39 is 5.97 Å². The Morgan fingerprint density at radius 1 is 1.54 bits per heavy atom. The summed E-state index contributed by atoms with van der Waals surface area (Å²) in [6.45, 7) is 1.92. The molecule has 2 aromatic rings. The van der Waals surface area contributed by atoms with Gasteiger partial charge in [-0.15, -0.1) is 0 Å². The largest absolute Gasteiger partial charge is 0.478 e. The van der Waals surface area contributed by atoms with E-state index in [0.29, 0.717) is 5.56 Å². The van der Waals surface area contributed by atoms with E-state index in [4.69, 9.17) is 5.11 Å². The minimum Gasteiger partial charge on any atom is -0.478 e. The lowest BCUT2D eigenvalue weighted by Crippen LogP contribution is -1.94. The molecular weight excluding hydrogens is 186 g/mol. The highest BCUT2D eigenvalue weighted by atomic mass is 32.1. The fourth-order valence-corrected chi connectivity index (χ4v) is 2.02. The van der Waals surface area contributed by atoms with Crippen LogP contribution in [0.5, 0.6) is 0 Å². The van der Waals surface area contributed by atoms with Crippen molar-refractivity contribution in [2.24, 2.45) is 0 Å². The van der Waals surface area contributed by atoms with Crippen molar-refractivity contribution in [2.75, 3.05) is 0 Å². The molecule has 0 aliphatic carbocycles. The maximum absolute atomic E-state index is 10.6. The van der Waals surface area contributed by atoms with Gasteiger partial charge in [0.1, 0.15) is 0 Å². The summed E-state index contributed by atoms with van der Waals surface area (Å²) in [6, 6.07) is 5.06. The smallest absolute Gasteiger partial charge is 0.335 e. The molecule has 1 N–H and O–H groups in total. The van der Waals surface area contributed by atoms with Crippen molar-refractivity contribution in [1.29, 1.82) is 0 Å². The van der Waals surface area contributed by atoms with Crippen molar-refractivity contribution in [1.82, 2.24) is 4.37 Å². The lowest BCUT2D eigenvalue weighted by molar-refractivity contribution is 0.0697. The molecule has 0 saturated carbocycles. The number of hydrogen-bond donors (Lipinski definition) is 1. The van der Waals surface area contributed by atoms with Crippen molar-refractivity contribution in [3.05, 3.63) is 29.5 Å². The predicted octanol–water partition coefficient (Wildman–Crippen LogP) is 2.30. The summed E-state index contributed by atoms with van der Waals surface area (Å²) in [4.78, 5) is 10.6. The summed E-state index contributed by atoms with van der Waals surface area (Å²) in [6.07, 6.45) is 0. The molecule has 0 saturated heterocycles. The van der Waals surface area contributed by atoms with E-state index >= 15 is 0 Å². The molecule has 0 bridgehead atoms. The molecule has 4 heteroatoms. The average molecular weight is 193 g/mol. The number of hydrogen-bond acceptors (Lipinski definition) is 3. The predicted molar refractivity (Wildman–Crippen MR) is 51.3 cm³/mol. The van der Waals surface area contributed by atoms with Crippen LogP contribution in [0.3, 0.4) is 0 Å². The molecule has 1 heterocycles. The highest BCUT2D eigenvalue weighted by molar-refractivity contribution is 7.13. The number of carbonyl (C=O) groups is 1. The topological polar surface area (TPSA) is 50.2 Å². The van der Waals surface area contributed by atoms with Crippen LogP contribution in [0, 0.1) is 6.92 Å². The van der Waals surface area contributed by atoms with E-state index in [1.54, 1.807) is 18.2 Å². The summed E-state index contributed by atoms with van der Waals surface area (Å²) in [5.41, 5.74) is 1.27. The van der Waals surface area contributed by atoms with Gasteiger partial charge >= 0.3 is 5.97 Å². The van der Waals surface area contributed by atoms with Gasteiger partial charge in [-0.1, -0.05) is 6.07 Å². The van der Waals surface area contributed by atoms with Crippen LogP contribution in [0.15, 0.2) is 18.2 Å². The van der Waals surface area contributed by atoms with Gasteiger partial charge in [-0.05, 0) is 30.6 Å². The molecule has 1 aromatic carbocycles. The van der Waals surface area contributed by atoms with Gasteiger partial charge in [-0.25, -0.2) is 4.79 Å². The van der Waals surface area contributed by atoms with Gasteiger partial charge in [0.15, 0.2) is 0 Å². The number of benzene rings is 1. The maximum atomic E-state index is 10.6. The lowest BCUT2D eigenvalue weighted by atomic mass is 10.1. The second-order valence-corrected chi connectivity index (χ2v) is 3.59. The van der Waals surface area contributed by atoms with Gasteiger partial charge in [0.25, 0.3) is 0 Å². The van der Waals surface area contributed by atoms with E-state index in [9.17, 15) is 4.79 Å². The molecule has 13 heavy (non-hydrogen) atoms. The SMILES string of the molecule is Cc1nsc2cc(C(=O)O)ccc12. The highest BCUT2D eigenvalue weighted by Crippen LogP contribution is 2.23. The summed E-state index contributed by atoms with van der Waals surface area (Å²) in [7, 11) is 0. The third-order valence-corrected chi connectivity index (χ3v) is 2.80. The molecule has 0 aliphatic heterocycles. The molecule has 2 rings (SSSR count). The Balaban J connectivity index is 2.70. The Kier molecular flexibility index (Phi) is 1.77. The van der Waals surface area contributed by atoms with Crippen LogP contribution in [0.1, 0.15) is 16.1 Å². The van der Waals surface area contributed by atoms with Crippen LogP contribution in [-0.4, -0.2) is 15.4 Å². The minimum absolute atomic E-state index is 0.316. The number of rotatable bonds is 1. The van der Waals surface area contributed by atoms with Crippen LogP contribution in [0.25, 0.3) is 10.1 Å². The van der Waals surface area contributed by atoms with E-state index in [2.05, 4.69) is 4.37 Å². The second kappa shape index (κ2) is 2.81. The van der Waals surface area contributed by atoms with E-state index in [1.807, 2.05) is 6.92 Å². The third kappa shape index (κ3) is 1.29. The summed E-state index contributed by atoms with van der Waals surface area (Å²) >= 11 is 1.33. The summed E-state index contributed by atoms with van der Waals surface area (Å²) in [5.74, 6) is -0.895. The quantitative estimate of drug-likeness (QED) is 0.756. The number of fused-ring (bicyclic) bond motifs is 1. The Bertz CT molecular complexity index is 475. The molecule has 0 aliphatic rings. The zero-order valence-electron chi connectivity index (χ0n) is 6.94. The first-order chi connectivity index (χ1) is 6.18. The standard InChI is InChI=1S/C9H7NO2S/c1-5-7-3-2-6(9(11)12)4-8(7)13-10-5/h2-4H,1H3,(H,11,12). The lowest BCUT2D eigenvalue weighted by Gasteiger charge is -1.93. The molecule has 0 radical (unpaired) electrons. The van der Waals surface area contributed by atoms with Gasteiger partial charge in [0.2, 0.25) is 0 Å². The highest BCUT2D eigenvalue weighted by Gasteiger charge is 2.06. The zero-order valence-corrected chi connectivity index (χ0v) is 7.76. The molecule has 0 amide bonds. The third-order valence-electron chi connectivity index (χ3n) is 1.90. The van der Waals surface area contributed by atoms with Crippen molar-refractivity contribution in [3.8, 4) is 0 Å². The molecule has 3 nitrogen and oxygen atoms in total. The van der Waals surface area contributed by atoms with Crippen LogP contribution < -0.4 is 0 Å². The van der Waals surface area contributed by atoms with Gasteiger partial charge in [-0.2, -0.15) is 4.37 Å². The van der Waals surface area contributed by atoms with Gasteiger partial charge in [0.05, 0.1) is 16.0 Å². The first kappa shape index (κ1) is 8.19. The van der Waals surface area contributed by atoms with E-state index in [1.165, 1.54) is 11.5 Å². The fraction of sp³-hybridized carbons (Fsp3) is 0.111. The van der Waals surface area contributed by atoms with Gasteiger partial charge < -0.3 is 5.11 Å². The Morgan fingerprint density at radius 2 is 2.31 bits per heavy atom. The Morgan fingerprint density at radius 3 is 3.00 bits per heavy atom. The Hall–Kier alpha value is -1.42. The van der Waals surface area contributed by atoms with Crippen molar-refractivity contribution in [3.63, 3.8) is 0 Å². The number of aromatic carboxylic acids is 1. The molecule has 0 unspecified atom stereocenters.